The van der Waals surface area contributed by atoms with Crippen LogP contribution in [0.4, 0.5) is 0 Å². The third kappa shape index (κ3) is 4.06. The van der Waals surface area contributed by atoms with Crippen molar-refractivity contribution in [2.24, 2.45) is 0 Å². The van der Waals surface area contributed by atoms with Crippen LogP contribution < -0.4 is 0 Å². The summed E-state index contributed by atoms with van der Waals surface area (Å²) in [4.78, 5) is 16.2. The zero-order chi connectivity index (χ0) is 13.7. The van der Waals surface area contributed by atoms with Crippen molar-refractivity contribution in [1.29, 1.82) is 0 Å². The van der Waals surface area contributed by atoms with E-state index in [2.05, 4.69) is 17.1 Å². The maximum absolute atomic E-state index is 12.1. The molecule has 0 radical (unpaired) electrons. The lowest BCUT2D eigenvalue weighted by atomic mass is 9.98. The highest BCUT2D eigenvalue weighted by molar-refractivity contribution is 5.75. The maximum Gasteiger partial charge on any atom is 0.222 e. The summed E-state index contributed by atoms with van der Waals surface area (Å²) in [7, 11) is 3.98. The van der Waals surface area contributed by atoms with Crippen LogP contribution in [0.5, 0.6) is 0 Å². The van der Waals surface area contributed by atoms with E-state index in [0.29, 0.717) is 19.0 Å². The molecule has 106 valence electrons. The van der Waals surface area contributed by atoms with Crippen LogP contribution in [0.15, 0.2) is 16.9 Å². The molecule has 0 aromatic carbocycles. The Morgan fingerprint density at radius 3 is 3.11 bits per heavy atom. The van der Waals surface area contributed by atoms with Gasteiger partial charge in [0.2, 0.25) is 5.91 Å². The molecule has 0 saturated carbocycles. The molecule has 1 aromatic rings. The van der Waals surface area contributed by atoms with Crippen LogP contribution in [0.2, 0.25) is 0 Å². The lowest BCUT2D eigenvalue weighted by molar-refractivity contribution is -0.130. The van der Waals surface area contributed by atoms with Gasteiger partial charge in [-0.1, -0.05) is 11.6 Å². The predicted octanol–water partition coefficient (Wildman–Crippen LogP) is 1.90. The SMILES string of the molecule is CN(Cc1ccon1)C(=O)CC[C@@H]1CCCCN1C. The Hall–Kier alpha value is -1.36. The molecule has 1 aliphatic heterocycles. The number of carbonyl (C=O) groups is 1. The summed E-state index contributed by atoms with van der Waals surface area (Å²) < 4.78 is 4.77. The van der Waals surface area contributed by atoms with Crippen LogP contribution in [0.25, 0.3) is 0 Å². The molecule has 2 rings (SSSR count). The summed E-state index contributed by atoms with van der Waals surface area (Å²) in [5.41, 5.74) is 0.797. The van der Waals surface area contributed by atoms with Gasteiger partial charge in [-0.25, -0.2) is 0 Å². The summed E-state index contributed by atoms with van der Waals surface area (Å²) in [6.07, 6.45) is 6.90. The summed E-state index contributed by atoms with van der Waals surface area (Å²) >= 11 is 0. The quantitative estimate of drug-likeness (QED) is 0.816. The lowest BCUT2D eigenvalue weighted by Crippen LogP contribution is -2.37. The van der Waals surface area contributed by atoms with Gasteiger partial charge in [0.15, 0.2) is 0 Å². The first-order chi connectivity index (χ1) is 9.16. The predicted molar refractivity (Wildman–Crippen MR) is 72.5 cm³/mol. The molecule has 0 N–H and O–H groups in total. The van der Waals surface area contributed by atoms with Crippen LogP contribution in [-0.4, -0.2) is 47.5 Å². The summed E-state index contributed by atoms with van der Waals surface area (Å²) in [6, 6.07) is 2.36. The van der Waals surface area contributed by atoms with Crippen molar-refractivity contribution in [1.82, 2.24) is 15.0 Å². The van der Waals surface area contributed by atoms with Gasteiger partial charge >= 0.3 is 0 Å². The van der Waals surface area contributed by atoms with E-state index in [-0.39, 0.29) is 5.91 Å². The first kappa shape index (κ1) is 14.1. The Labute approximate surface area is 114 Å². The Morgan fingerprint density at radius 1 is 1.58 bits per heavy atom. The van der Waals surface area contributed by atoms with E-state index in [1.807, 2.05) is 7.05 Å². The molecule has 1 aromatic heterocycles. The van der Waals surface area contributed by atoms with Gasteiger partial charge in [0, 0.05) is 25.6 Å². The van der Waals surface area contributed by atoms with E-state index in [4.69, 9.17) is 4.52 Å². The fourth-order valence-corrected chi connectivity index (χ4v) is 2.64. The molecule has 0 aliphatic carbocycles. The minimum Gasteiger partial charge on any atom is -0.364 e. The molecule has 1 saturated heterocycles. The molecule has 5 heteroatoms. The zero-order valence-corrected chi connectivity index (χ0v) is 11.8. The average molecular weight is 265 g/mol. The highest BCUT2D eigenvalue weighted by Crippen LogP contribution is 2.19. The van der Waals surface area contributed by atoms with Gasteiger partial charge in [-0.05, 0) is 32.9 Å². The van der Waals surface area contributed by atoms with Crippen molar-refractivity contribution >= 4 is 5.91 Å². The maximum atomic E-state index is 12.1. The van der Waals surface area contributed by atoms with E-state index in [1.165, 1.54) is 25.5 Å². The van der Waals surface area contributed by atoms with E-state index in [0.717, 1.165) is 18.7 Å². The molecule has 0 bridgehead atoms. The lowest BCUT2D eigenvalue weighted by Gasteiger charge is -2.32. The van der Waals surface area contributed by atoms with Crippen LogP contribution in [0.1, 0.15) is 37.8 Å². The van der Waals surface area contributed by atoms with Gasteiger partial charge in [0.1, 0.15) is 12.0 Å². The smallest absolute Gasteiger partial charge is 0.222 e. The number of aromatic nitrogens is 1. The molecule has 1 amide bonds. The average Bonchev–Trinajstić information content (AvgIpc) is 2.90. The van der Waals surface area contributed by atoms with Gasteiger partial charge in [-0.15, -0.1) is 0 Å². The first-order valence-electron chi connectivity index (χ1n) is 7.00. The number of amides is 1. The number of rotatable bonds is 5. The number of likely N-dealkylation sites (tertiary alicyclic amines) is 1. The second-order valence-corrected chi connectivity index (χ2v) is 5.41. The Morgan fingerprint density at radius 2 is 2.42 bits per heavy atom. The second-order valence-electron chi connectivity index (χ2n) is 5.41. The van der Waals surface area contributed by atoms with Crippen molar-refractivity contribution in [3.63, 3.8) is 0 Å². The highest BCUT2D eigenvalue weighted by atomic mass is 16.5. The molecule has 0 spiro atoms. The van der Waals surface area contributed by atoms with Crippen molar-refractivity contribution in [2.45, 2.75) is 44.7 Å². The van der Waals surface area contributed by atoms with E-state index >= 15 is 0 Å². The summed E-state index contributed by atoms with van der Waals surface area (Å²) in [5.74, 6) is 0.182. The van der Waals surface area contributed by atoms with Gasteiger partial charge in [0.05, 0.1) is 6.54 Å². The summed E-state index contributed by atoms with van der Waals surface area (Å²) in [5, 5.41) is 3.82. The van der Waals surface area contributed by atoms with E-state index in [9.17, 15) is 4.79 Å². The van der Waals surface area contributed by atoms with Gasteiger partial charge < -0.3 is 14.3 Å². The van der Waals surface area contributed by atoms with Crippen LogP contribution >= 0.6 is 0 Å². The molecule has 0 unspecified atom stereocenters. The molecule has 2 heterocycles. The van der Waals surface area contributed by atoms with E-state index in [1.54, 1.807) is 11.0 Å². The third-order valence-electron chi connectivity index (χ3n) is 3.93. The minimum atomic E-state index is 0.182. The minimum absolute atomic E-state index is 0.182. The molecule has 1 aliphatic rings. The topological polar surface area (TPSA) is 49.6 Å². The van der Waals surface area contributed by atoms with Gasteiger partial charge in [0.25, 0.3) is 0 Å². The standard InChI is InChI=1S/C14H23N3O2/c1-16-9-4-3-5-13(16)6-7-14(18)17(2)11-12-8-10-19-15-12/h8,10,13H,3-7,9,11H2,1-2H3/t13-/m0/s1. The molecule has 19 heavy (non-hydrogen) atoms. The largest absolute Gasteiger partial charge is 0.364 e. The highest BCUT2D eigenvalue weighted by Gasteiger charge is 2.20. The number of carbonyl (C=O) groups excluding carboxylic acids is 1. The molecular formula is C14H23N3O2. The fraction of sp³-hybridized carbons (Fsp3) is 0.714. The number of piperidine rings is 1. The third-order valence-corrected chi connectivity index (χ3v) is 3.93. The van der Waals surface area contributed by atoms with Crippen LogP contribution in [0.3, 0.4) is 0 Å². The molecular weight excluding hydrogens is 242 g/mol. The molecule has 5 nitrogen and oxygen atoms in total. The number of hydrogen-bond donors (Lipinski definition) is 0. The van der Waals surface area contributed by atoms with Crippen molar-refractivity contribution in [2.75, 3.05) is 20.6 Å². The molecule has 1 fully saturated rings. The normalized spacial score (nSPS) is 20.4. The van der Waals surface area contributed by atoms with Crippen molar-refractivity contribution in [3.8, 4) is 0 Å². The number of nitrogens with zero attached hydrogens (tertiary/aromatic N) is 3. The Kier molecular flexibility index (Phi) is 4.96. The summed E-state index contributed by atoms with van der Waals surface area (Å²) in [6.45, 7) is 1.68. The first-order valence-corrected chi connectivity index (χ1v) is 7.00. The van der Waals surface area contributed by atoms with Crippen molar-refractivity contribution in [3.05, 3.63) is 18.0 Å². The Bertz CT molecular complexity index is 391. The molecule has 1 atom stereocenters. The van der Waals surface area contributed by atoms with Gasteiger partial charge in [-0.3, -0.25) is 4.79 Å². The second kappa shape index (κ2) is 6.70. The number of hydrogen-bond acceptors (Lipinski definition) is 4. The Balaban J connectivity index is 1.74. The van der Waals surface area contributed by atoms with Crippen LogP contribution in [0, 0.1) is 0 Å². The fourth-order valence-electron chi connectivity index (χ4n) is 2.64. The zero-order valence-electron chi connectivity index (χ0n) is 11.8. The van der Waals surface area contributed by atoms with Gasteiger partial charge in [-0.2, -0.15) is 0 Å². The monoisotopic (exact) mass is 265 g/mol. The van der Waals surface area contributed by atoms with Crippen LogP contribution in [-0.2, 0) is 11.3 Å². The van der Waals surface area contributed by atoms with Crippen molar-refractivity contribution < 1.29 is 9.32 Å². The van der Waals surface area contributed by atoms with E-state index < -0.39 is 0 Å².